The second kappa shape index (κ2) is 8.40. The Kier molecular flexibility index (Phi) is 5.29. The van der Waals surface area contributed by atoms with Gasteiger partial charge in [-0.2, -0.15) is 5.26 Å². The highest BCUT2D eigenvalue weighted by Gasteiger charge is 2.25. The van der Waals surface area contributed by atoms with Gasteiger partial charge in [0, 0.05) is 26.2 Å². The standard InChI is InChI=1S/C23H24N8O/c1-2-31-21-20(17(12-24)22(31)29-10-5-8-25-9-11-29)27-15-30(23(21)32)14-16-13-26-18-6-3-4-7-19(18)28-16/h3-4,6-7,13,15,25H,2,5,8-11,14H2,1H3. The highest BCUT2D eigenvalue weighted by atomic mass is 16.1. The van der Waals surface area contributed by atoms with E-state index in [0.29, 0.717) is 28.8 Å². The van der Waals surface area contributed by atoms with Gasteiger partial charge in [-0.05, 0) is 32.0 Å². The van der Waals surface area contributed by atoms with Gasteiger partial charge in [0.15, 0.2) is 0 Å². The molecule has 0 saturated carbocycles. The monoisotopic (exact) mass is 428 g/mol. The van der Waals surface area contributed by atoms with E-state index in [4.69, 9.17) is 0 Å². The molecule has 0 bridgehead atoms. The average Bonchev–Trinajstić information content (AvgIpc) is 2.95. The molecule has 0 radical (unpaired) electrons. The molecule has 1 saturated heterocycles. The summed E-state index contributed by atoms with van der Waals surface area (Å²) in [5, 5.41) is 13.3. The van der Waals surface area contributed by atoms with Crippen LogP contribution in [0.1, 0.15) is 24.6 Å². The van der Waals surface area contributed by atoms with E-state index in [2.05, 4.69) is 31.2 Å². The van der Waals surface area contributed by atoms with Gasteiger partial charge in [-0.15, -0.1) is 0 Å². The predicted octanol–water partition coefficient (Wildman–Crippen LogP) is 1.88. The van der Waals surface area contributed by atoms with Crippen LogP contribution in [0.15, 0.2) is 41.6 Å². The van der Waals surface area contributed by atoms with Gasteiger partial charge in [-0.3, -0.25) is 14.3 Å². The quantitative estimate of drug-likeness (QED) is 0.529. The molecule has 1 aliphatic rings. The third-order valence-electron chi connectivity index (χ3n) is 5.90. The van der Waals surface area contributed by atoms with Crippen molar-refractivity contribution in [3.63, 3.8) is 0 Å². The van der Waals surface area contributed by atoms with Gasteiger partial charge in [0.05, 0.1) is 35.8 Å². The number of aromatic nitrogens is 5. The fourth-order valence-corrected chi connectivity index (χ4v) is 4.41. The van der Waals surface area contributed by atoms with Gasteiger partial charge >= 0.3 is 0 Å². The van der Waals surface area contributed by atoms with Crippen molar-refractivity contribution in [1.82, 2.24) is 29.4 Å². The first kappa shape index (κ1) is 20.2. The highest BCUT2D eigenvalue weighted by Crippen LogP contribution is 2.30. The molecule has 1 aromatic carbocycles. The lowest BCUT2D eigenvalue weighted by Gasteiger charge is -2.24. The summed E-state index contributed by atoms with van der Waals surface area (Å²) in [7, 11) is 0. The average molecular weight is 429 g/mol. The summed E-state index contributed by atoms with van der Waals surface area (Å²) in [5.74, 6) is 0.793. The summed E-state index contributed by atoms with van der Waals surface area (Å²) in [4.78, 5) is 29.3. The first-order valence-electron chi connectivity index (χ1n) is 10.9. The van der Waals surface area contributed by atoms with Crippen molar-refractivity contribution in [1.29, 1.82) is 5.26 Å². The Balaban J connectivity index is 1.62. The van der Waals surface area contributed by atoms with Crippen molar-refractivity contribution < 1.29 is 0 Å². The van der Waals surface area contributed by atoms with Crippen LogP contribution in [-0.4, -0.2) is 50.3 Å². The zero-order chi connectivity index (χ0) is 22.1. The summed E-state index contributed by atoms with van der Waals surface area (Å²) in [6, 6.07) is 9.95. The van der Waals surface area contributed by atoms with Gasteiger partial charge < -0.3 is 14.8 Å². The molecule has 3 aromatic heterocycles. The Morgan fingerprint density at radius 2 is 2.00 bits per heavy atom. The van der Waals surface area contributed by atoms with Crippen LogP contribution in [0.5, 0.6) is 0 Å². The second-order valence-corrected chi connectivity index (χ2v) is 7.87. The zero-order valence-electron chi connectivity index (χ0n) is 18.0. The third-order valence-corrected chi connectivity index (χ3v) is 5.90. The van der Waals surface area contributed by atoms with E-state index in [1.165, 1.54) is 6.33 Å². The van der Waals surface area contributed by atoms with Crippen LogP contribution in [0.2, 0.25) is 0 Å². The summed E-state index contributed by atoms with van der Waals surface area (Å²) in [6.45, 7) is 6.24. The molecule has 0 atom stereocenters. The largest absolute Gasteiger partial charge is 0.356 e. The van der Waals surface area contributed by atoms with Crippen LogP contribution >= 0.6 is 0 Å². The lowest BCUT2D eigenvalue weighted by Crippen LogP contribution is -2.30. The van der Waals surface area contributed by atoms with Crippen LogP contribution in [0.25, 0.3) is 22.1 Å². The number of nitriles is 1. The van der Waals surface area contributed by atoms with E-state index < -0.39 is 0 Å². The molecule has 9 heteroatoms. The fraction of sp³-hybridized carbons (Fsp3) is 0.348. The molecule has 0 spiro atoms. The maximum Gasteiger partial charge on any atom is 0.278 e. The van der Waals surface area contributed by atoms with Gasteiger partial charge in [-0.1, -0.05) is 12.1 Å². The predicted molar refractivity (Wildman–Crippen MR) is 123 cm³/mol. The van der Waals surface area contributed by atoms with E-state index in [1.807, 2.05) is 35.8 Å². The molecule has 5 rings (SSSR count). The number of benzene rings is 1. The van der Waals surface area contributed by atoms with Gasteiger partial charge in [0.25, 0.3) is 5.56 Å². The van der Waals surface area contributed by atoms with E-state index in [1.54, 1.807) is 10.8 Å². The van der Waals surface area contributed by atoms with Crippen LogP contribution in [0.3, 0.4) is 0 Å². The van der Waals surface area contributed by atoms with Crippen LogP contribution in [0.4, 0.5) is 5.82 Å². The topological polar surface area (TPSA) is 105 Å². The molecule has 32 heavy (non-hydrogen) atoms. The minimum absolute atomic E-state index is 0.178. The Morgan fingerprint density at radius 3 is 2.81 bits per heavy atom. The zero-order valence-corrected chi connectivity index (χ0v) is 18.0. The lowest BCUT2D eigenvalue weighted by atomic mass is 10.2. The number of aryl methyl sites for hydroxylation is 1. The smallest absolute Gasteiger partial charge is 0.278 e. The van der Waals surface area contributed by atoms with E-state index in [-0.39, 0.29) is 12.1 Å². The molecule has 4 heterocycles. The number of fused-ring (bicyclic) bond motifs is 2. The van der Waals surface area contributed by atoms with Crippen LogP contribution in [-0.2, 0) is 13.1 Å². The number of hydrogen-bond donors (Lipinski definition) is 1. The molecule has 1 aliphatic heterocycles. The maximum absolute atomic E-state index is 13.5. The molecule has 4 aromatic rings. The lowest BCUT2D eigenvalue weighted by molar-refractivity contribution is 0.701. The molecule has 162 valence electrons. The first-order valence-corrected chi connectivity index (χ1v) is 10.9. The second-order valence-electron chi connectivity index (χ2n) is 7.87. The SMILES string of the molecule is CCn1c(N2CCCNCC2)c(C#N)c2ncn(Cc3cnc4ccccc4n3)c(=O)c21. The number of anilines is 1. The summed E-state index contributed by atoms with van der Waals surface area (Å²) in [6.07, 6.45) is 4.18. The van der Waals surface area contributed by atoms with Crippen LogP contribution in [0, 0.1) is 11.3 Å². The number of nitrogens with zero attached hydrogens (tertiary/aromatic N) is 7. The minimum atomic E-state index is -0.178. The summed E-state index contributed by atoms with van der Waals surface area (Å²) >= 11 is 0. The molecule has 0 amide bonds. The van der Waals surface area contributed by atoms with Crippen molar-refractivity contribution in [2.24, 2.45) is 0 Å². The van der Waals surface area contributed by atoms with Gasteiger partial charge in [-0.25, -0.2) is 9.97 Å². The third kappa shape index (κ3) is 3.39. The Bertz CT molecular complexity index is 1390. The maximum atomic E-state index is 13.5. The molecule has 0 aliphatic carbocycles. The van der Waals surface area contributed by atoms with Crippen molar-refractivity contribution in [2.45, 2.75) is 26.4 Å². The Labute approximate surface area is 185 Å². The van der Waals surface area contributed by atoms with Crippen molar-refractivity contribution in [2.75, 3.05) is 31.1 Å². The van der Waals surface area contributed by atoms with Gasteiger partial charge in [0.2, 0.25) is 0 Å². The van der Waals surface area contributed by atoms with Crippen molar-refractivity contribution >= 4 is 27.9 Å². The molecular weight excluding hydrogens is 404 g/mol. The number of para-hydroxylation sites is 2. The highest BCUT2D eigenvalue weighted by molar-refractivity contribution is 5.89. The Morgan fingerprint density at radius 1 is 1.16 bits per heavy atom. The van der Waals surface area contributed by atoms with E-state index >= 15 is 0 Å². The first-order chi connectivity index (χ1) is 15.7. The minimum Gasteiger partial charge on any atom is -0.356 e. The number of nitrogens with one attached hydrogen (secondary N) is 1. The molecule has 0 unspecified atom stereocenters. The van der Waals surface area contributed by atoms with E-state index in [9.17, 15) is 10.1 Å². The molecular formula is C23H24N8O. The van der Waals surface area contributed by atoms with Gasteiger partial charge in [0.1, 0.15) is 28.5 Å². The number of hydrogen-bond acceptors (Lipinski definition) is 7. The number of rotatable bonds is 4. The van der Waals surface area contributed by atoms with Crippen LogP contribution < -0.4 is 15.8 Å². The summed E-state index contributed by atoms with van der Waals surface area (Å²) < 4.78 is 3.49. The van der Waals surface area contributed by atoms with Crippen molar-refractivity contribution in [3.8, 4) is 6.07 Å². The normalized spacial score (nSPS) is 14.6. The molecule has 9 nitrogen and oxygen atoms in total. The fourth-order valence-electron chi connectivity index (χ4n) is 4.41. The van der Waals surface area contributed by atoms with E-state index in [0.717, 1.165) is 49.5 Å². The molecule has 1 fully saturated rings. The summed E-state index contributed by atoms with van der Waals surface area (Å²) in [5.41, 5.74) is 3.50. The van der Waals surface area contributed by atoms with Crippen molar-refractivity contribution in [3.05, 3.63) is 58.4 Å². The Hall–Kier alpha value is -3.77. The molecule has 1 N–H and O–H groups in total.